The van der Waals surface area contributed by atoms with E-state index in [1.807, 2.05) is 24.3 Å². The summed E-state index contributed by atoms with van der Waals surface area (Å²) in [6.45, 7) is 3.54. The summed E-state index contributed by atoms with van der Waals surface area (Å²) in [6, 6.07) is 8.36. The van der Waals surface area contributed by atoms with Gasteiger partial charge in [-0.3, -0.25) is 4.79 Å². The Morgan fingerprint density at radius 2 is 2.14 bits per heavy atom. The Bertz CT molecular complexity index is 519. The van der Waals surface area contributed by atoms with E-state index in [0.29, 0.717) is 17.5 Å². The van der Waals surface area contributed by atoms with Crippen molar-refractivity contribution in [1.82, 2.24) is 10.2 Å². The van der Waals surface area contributed by atoms with Crippen molar-refractivity contribution in [3.8, 4) is 0 Å². The van der Waals surface area contributed by atoms with Gasteiger partial charge in [-0.2, -0.15) is 0 Å². The van der Waals surface area contributed by atoms with E-state index in [0.717, 1.165) is 24.7 Å². The molecule has 22 heavy (non-hydrogen) atoms. The second-order valence-electron chi connectivity index (χ2n) is 6.27. The zero-order chi connectivity index (χ0) is 15.4. The molecule has 1 aromatic carbocycles. The highest BCUT2D eigenvalue weighted by molar-refractivity contribution is 6.31. The van der Waals surface area contributed by atoms with E-state index in [1.165, 1.54) is 25.8 Å². The van der Waals surface area contributed by atoms with Crippen LogP contribution in [0.1, 0.15) is 24.8 Å². The molecule has 5 heteroatoms. The first-order valence-corrected chi connectivity index (χ1v) is 8.42. The summed E-state index contributed by atoms with van der Waals surface area (Å²) in [5.74, 6) is 0.546. The number of hydrogen-bond acceptors (Lipinski definition) is 3. The largest absolute Gasteiger partial charge is 0.367 e. The lowest BCUT2D eigenvalue weighted by Gasteiger charge is -2.15. The molecule has 1 aromatic rings. The van der Waals surface area contributed by atoms with E-state index in [1.54, 1.807) is 0 Å². The third-order valence-electron chi connectivity index (χ3n) is 4.42. The monoisotopic (exact) mass is 322 g/mol. The van der Waals surface area contributed by atoms with Gasteiger partial charge in [-0.25, -0.2) is 0 Å². The summed E-state index contributed by atoms with van der Waals surface area (Å²) in [4.78, 5) is 14.4. The molecular weight excluding hydrogens is 300 g/mol. The SMILES string of the molecule is O=C(COCc1ccccc1Cl)NC[C@@H]1CCN(C2CC2)C1. The number of hydrogen-bond donors (Lipinski definition) is 1. The molecule has 2 aliphatic rings. The van der Waals surface area contributed by atoms with Crippen molar-refractivity contribution < 1.29 is 9.53 Å². The van der Waals surface area contributed by atoms with E-state index in [4.69, 9.17) is 16.3 Å². The molecule has 1 heterocycles. The molecule has 4 nitrogen and oxygen atoms in total. The molecule has 0 aromatic heterocycles. The van der Waals surface area contributed by atoms with E-state index >= 15 is 0 Å². The number of rotatable bonds is 7. The fourth-order valence-corrected chi connectivity index (χ4v) is 3.17. The number of nitrogens with one attached hydrogen (secondary N) is 1. The van der Waals surface area contributed by atoms with Crippen LogP contribution in [0.25, 0.3) is 0 Å². The van der Waals surface area contributed by atoms with Crippen LogP contribution in [0.2, 0.25) is 5.02 Å². The van der Waals surface area contributed by atoms with Crippen LogP contribution < -0.4 is 5.32 Å². The van der Waals surface area contributed by atoms with Crippen molar-refractivity contribution in [2.75, 3.05) is 26.2 Å². The molecule has 1 aliphatic heterocycles. The molecule has 1 atom stereocenters. The highest BCUT2D eigenvalue weighted by Crippen LogP contribution is 2.31. The summed E-state index contributed by atoms with van der Waals surface area (Å²) < 4.78 is 5.44. The molecule has 0 radical (unpaired) electrons. The van der Waals surface area contributed by atoms with Crippen LogP contribution in [-0.2, 0) is 16.1 Å². The average Bonchev–Trinajstić information content (AvgIpc) is 3.26. The molecule has 1 saturated heterocycles. The molecule has 2 fully saturated rings. The zero-order valence-corrected chi connectivity index (χ0v) is 13.5. The minimum Gasteiger partial charge on any atom is -0.367 e. The fraction of sp³-hybridized carbons (Fsp3) is 0.588. The van der Waals surface area contributed by atoms with Gasteiger partial charge in [0.25, 0.3) is 0 Å². The van der Waals surface area contributed by atoms with Crippen LogP contribution in [0, 0.1) is 5.92 Å². The Kier molecular flexibility index (Phi) is 5.34. The second-order valence-corrected chi connectivity index (χ2v) is 6.68. The van der Waals surface area contributed by atoms with Crippen LogP contribution in [0.15, 0.2) is 24.3 Å². The molecule has 0 spiro atoms. The predicted octanol–water partition coefficient (Wildman–Crippen LogP) is 2.46. The normalized spacial score (nSPS) is 22.0. The van der Waals surface area contributed by atoms with Gasteiger partial charge in [-0.15, -0.1) is 0 Å². The van der Waals surface area contributed by atoms with Crippen LogP contribution in [-0.4, -0.2) is 43.1 Å². The fourth-order valence-electron chi connectivity index (χ4n) is 2.98. The summed E-state index contributed by atoms with van der Waals surface area (Å²) in [5.41, 5.74) is 0.910. The summed E-state index contributed by atoms with van der Waals surface area (Å²) in [7, 11) is 0. The highest BCUT2D eigenvalue weighted by atomic mass is 35.5. The number of amides is 1. The number of halogens is 1. The molecule has 0 bridgehead atoms. The molecule has 1 saturated carbocycles. The average molecular weight is 323 g/mol. The maximum absolute atomic E-state index is 11.8. The molecule has 1 aliphatic carbocycles. The molecule has 3 rings (SSSR count). The molecule has 120 valence electrons. The maximum atomic E-state index is 11.8. The van der Waals surface area contributed by atoms with Crippen LogP contribution in [0.3, 0.4) is 0 Å². The van der Waals surface area contributed by atoms with Crippen molar-refractivity contribution in [2.24, 2.45) is 5.92 Å². The Balaban J connectivity index is 1.30. The smallest absolute Gasteiger partial charge is 0.246 e. The van der Waals surface area contributed by atoms with Gasteiger partial charge in [0.1, 0.15) is 6.61 Å². The van der Waals surface area contributed by atoms with Gasteiger partial charge < -0.3 is 15.0 Å². The molecule has 1 amide bonds. The number of benzene rings is 1. The number of ether oxygens (including phenoxy) is 1. The Morgan fingerprint density at radius 3 is 2.91 bits per heavy atom. The van der Waals surface area contributed by atoms with Crippen molar-refractivity contribution >= 4 is 17.5 Å². The van der Waals surface area contributed by atoms with Gasteiger partial charge in [0.05, 0.1) is 6.61 Å². The van der Waals surface area contributed by atoms with Gasteiger partial charge in [-0.1, -0.05) is 29.8 Å². The maximum Gasteiger partial charge on any atom is 0.246 e. The first-order valence-electron chi connectivity index (χ1n) is 8.04. The number of likely N-dealkylation sites (tertiary alicyclic amines) is 1. The second kappa shape index (κ2) is 7.44. The van der Waals surface area contributed by atoms with Gasteiger partial charge in [-0.05, 0) is 43.4 Å². The first-order chi connectivity index (χ1) is 10.7. The Labute approximate surface area is 136 Å². The quantitative estimate of drug-likeness (QED) is 0.838. The van der Waals surface area contributed by atoms with Crippen molar-refractivity contribution in [3.05, 3.63) is 34.9 Å². The lowest BCUT2D eigenvalue weighted by molar-refractivity contribution is -0.126. The van der Waals surface area contributed by atoms with E-state index < -0.39 is 0 Å². The first kappa shape index (κ1) is 15.8. The zero-order valence-electron chi connectivity index (χ0n) is 12.8. The lowest BCUT2D eigenvalue weighted by Crippen LogP contribution is -2.33. The number of carbonyl (C=O) groups excluding carboxylic acids is 1. The molecular formula is C17H23ClN2O2. The summed E-state index contributed by atoms with van der Waals surface area (Å²) in [5, 5.41) is 3.66. The highest BCUT2D eigenvalue weighted by Gasteiger charge is 2.34. The van der Waals surface area contributed by atoms with Crippen LogP contribution >= 0.6 is 11.6 Å². The van der Waals surface area contributed by atoms with Crippen LogP contribution in [0.5, 0.6) is 0 Å². The minimum atomic E-state index is -0.0445. The number of nitrogens with zero attached hydrogens (tertiary/aromatic N) is 1. The van der Waals surface area contributed by atoms with Gasteiger partial charge in [0.2, 0.25) is 5.91 Å². The van der Waals surface area contributed by atoms with E-state index in [2.05, 4.69) is 10.2 Å². The lowest BCUT2D eigenvalue weighted by atomic mass is 10.1. The third-order valence-corrected chi connectivity index (χ3v) is 4.79. The van der Waals surface area contributed by atoms with Crippen LogP contribution in [0.4, 0.5) is 0 Å². The van der Waals surface area contributed by atoms with E-state index in [9.17, 15) is 4.79 Å². The summed E-state index contributed by atoms with van der Waals surface area (Å²) in [6.07, 6.45) is 3.90. The standard InChI is InChI=1S/C17H23ClN2O2/c18-16-4-2-1-3-14(16)11-22-12-17(21)19-9-13-7-8-20(10-13)15-5-6-15/h1-4,13,15H,5-12H2,(H,19,21)/t13-/m0/s1. The van der Waals surface area contributed by atoms with Crippen molar-refractivity contribution in [1.29, 1.82) is 0 Å². The Morgan fingerprint density at radius 1 is 1.32 bits per heavy atom. The minimum absolute atomic E-state index is 0.0445. The summed E-state index contributed by atoms with van der Waals surface area (Å²) >= 11 is 6.05. The third kappa shape index (κ3) is 4.45. The van der Waals surface area contributed by atoms with Gasteiger partial charge >= 0.3 is 0 Å². The van der Waals surface area contributed by atoms with Gasteiger partial charge in [0.15, 0.2) is 0 Å². The van der Waals surface area contributed by atoms with E-state index in [-0.39, 0.29) is 12.5 Å². The molecule has 0 unspecified atom stereocenters. The number of carbonyl (C=O) groups is 1. The molecule has 1 N–H and O–H groups in total. The predicted molar refractivity (Wildman–Crippen MR) is 86.8 cm³/mol. The van der Waals surface area contributed by atoms with Gasteiger partial charge in [0, 0.05) is 24.2 Å². The van der Waals surface area contributed by atoms with Crippen molar-refractivity contribution in [2.45, 2.75) is 31.9 Å². The van der Waals surface area contributed by atoms with Crippen molar-refractivity contribution in [3.63, 3.8) is 0 Å². The topological polar surface area (TPSA) is 41.6 Å². The Hall–Kier alpha value is -1.10.